The Morgan fingerprint density at radius 2 is 1.60 bits per heavy atom. The summed E-state index contributed by atoms with van der Waals surface area (Å²) >= 11 is 0. The topological polar surface area (TPSA) is 149 Å². The fourth-order valence-corrected chi connectivity index (χ4v) is 11.1. The molecule has 2 aliphatic carbocycles. The summed E-state index contributed by atoms with van der Waals surface area (Å²) in [4.78, 5) is 23.3. The van der Waals surface area contributed by atoms with Crippen molar-refractivity contribution in [2.24, 2.45) is 22.9 Å². The van der Waals surface area contributed by atoms with Crippen molar-refractivity contribution in [2.45, 2.75) is 173 Å². The van der Waals surface area contributed by atoms with Crippen molar-refractivity contribution < 1.29 is 48.6 Å². The van der Waals surface area contributed by atoms with Gasteiger partial charge in [0.1, 0.15) is 23.3 Å². The fourth-order valence-electron chi connectivity index (χ4n) is 11.1. The Hall–Kier alpha value is -3.78. The molecule has 0 aromatic heterocycles. The lowest BCUT2D eigenvalue weighted by molar-refractivity contribution is -0.258. The van der Waals surface area contributed by atoms with E-state index in [0.29, 0.717) is 43.8 Å². The molecule has 1 amide bonds. The van der Waals surface area contributed by atoms with Crippen molar-refractivity contribution in [1.29, 1.82) is 0 Å². The number of allylic oxidation sites excluding steroid dienone is 1. The van der Waals surface area contributed by atoms with Gasteiger partial charge in [0.25, 0.3) is 0 Å². The lowest BCUT2D eigenvalue weighted by Gasteiger charge is -2.60. The predicted octanol–water partition coefficient (Wildman–Crippen LogP) is 11.0. The van der Waals surface area contributed by atoms with E-state index in [2.05, 4.69) is 51.6 Å². The van der Waals surface area contributed by atoms with Crippen molar-refractivity contribution in [3.05, 3.63) is 77.4 Å². The molecule has 7 unspecified atom stereocenters. The van der Waals surface area contributed by atoms with E-state index in [0.717, 1.165) is 92.4 Å². The Morgan fingerprint density at radius 3 is 2.31 bits per heavy atom. The van der Waals surface area contributed by atoms with Gasteiger partial charge in [-0.3, -0.25) is 4.79 Å². The summed E-state index contributed by atoms with van der Waals surface area (Å²) in [6.07, 6.45) is 22.0. The number of nitrogens with zero attached hydrogens (tertiary/aromatic N) is 2. The SMILES string of the molecule is C=CCOC12Oc3ccc(Oc4ccc(C)c(C)c4)cc3C3C(CCCCO)C(CCCCO)C=C(C(=NOC4CCCCO4)CC1N(CCOCCO)C(=O)CCCCCCCCCCC)C32. The number of ether oxygens (including phenoxy) is 5. The van der Waals surface area contributed by atoms with Crippen molar-refractivity contribution in [3.63, 3.8) is 0 Å². The molecule has 0 spiro atoms. The van der Waals surface area contributed by atoms with Crippen LogP contribution in [0.1, 0.15) is 158 Å². The van der Waals surface area contributed by atoms with Gasteiger partial charge < -0.3 is 48.7 Å². The summed E-state index contributed by atoms with van der Waals surface area (Å²) in [5, 5.41) is 34.8. The smallest absolute Gasteiger partial charge is 0.239 e. The summed E-state index contributed by atoms with van der Waals surface area (Å²) < 4.78 is 33.3. The van der Waals surface area contributed by atoms with Crippen LogP contribution in [0.25, 0.3) is 0 Å². The van der Waals surface area contributed by atoms with Gasteiger partial charge in [0, 0.05) is 50.5 Å². The molecule has 4 aliphatic rings. The maximum Gasteiger partial charge on any atom is 0.239 e. The molecule has 0 radical (unpaired) electrons. The zero-order chi connectivity index (χ0) is 48.1. The Kier molecular flexibility index (Phi) is 22.2. The Balaban J connectivity index is 1.49. The predicted molar refractivity (Wildman–Crippen MR) is 267 cm³/mol. The highest BCUT2D eigenvalue weighted by molar-refractivity contribution is 6.03. The first kappa shape index (κ1) is 53.6. The van der Waals surface area contributed by atoms with Crippen molar-refractivity contribution in [2.75, 3.05) is 52.8 Å². The van der Waals surface area contributed by atoms with E-state index >= 15 is 4.79 Å². The number of carbonyl (C=O) groups is 1. The van der Waals surface area contributed by atoms with Gasteiger partial charge in [-0.15, -0.1) is 6.58 Å². The van der Waals surface area contributed by atoms with Crippen LogP contribution in [0.15, 0.2) is 65.9 Å². The minimum atomic E-state index is -1.38. The van der Waals surface area contributed by atoms with Crippen LogP contribution >= 0.6 is 0 Å². The molecule has 2 aromatic carbocycles. The zero-order valence-corrected chi connectivity index (χ0v) is 41.7. The van der Waals surface area contributed by atoms with Gasteiger partial charge in [-0.25, -0.2) is 0 Å². The second-order valence-electron chi connectivity index (χ2n) is 19.5. The van der Waals surface area contributed by atoms with Gasteiger partial charge in [0.15, 0.2) is 0 Å². The molecule has 0 bridgehead atoms. The molecule has 1 saturated heterocycles. The molecule has 12 heteroatoms. The zero-order valence-electron chi connectivity index (χ0n) is 41.7. The van der Waals surface area contributed by atoms with Crippen LogP contribution in [0, 0.1) is 31.6 Å². The molecule has 2 aromatic rings. The first-order valence-corrected chi connectivity index (χ1v) is 26.4. The van der Waals surface area contributed by atoms with Crippen LogP contribution in [0.2, 0.25) is 0 Å². The Labute approximate surface area is 407 Å². The number of hydrogen-bond acceptors (Lipinski definition) is 11. The molecule has 378 valence electrons. The third kappa shape index (κ3) is 14.2. The Bertz CT molecular complexity index is 1910. The number of aliphatic hydroxyl groups excluding tert-OH is 3. The van der Waals surface area contributed by atoms with Gasteiger partial charge >= 0.3 is 0 Å². The highest BCUT2D eigenvalue weighted by Crippen LogP contribution is 2.62. The lowest BCUT2D eigenvalue weighted by atomic mass is 9.55. The molecular formula is C56H84N2O10. The molecule has 3 N–H and O–H groups in total. The van der Waals surface area contributed by atoms with Crippen molar-refractivity contribution >= 4 is 11.6 Å². The lowest BCUT2D eigenvalue weighted by Crippen LogP contribution is -2.70. The van der Waals surface area contributed by atoms with E-state index in [9.17, 15) is 15.3 Å². The summed E-state index contributed by atoms with van der Waals surface area (Å²) in [7, 11) is 0. The molecule has 1 saturated carbocycles. The monoisotopic (exact) mass is 945 g/mol. The van der Waals surface area contributed by atoms with Gasteiger partial charge in [-0.1, -0.05) is 94.5 Å². The van der Waals surface area contributed by atoms with E-state index in [1.165, 1.54) is 44.1 Å². The number of hydrogen-bond donors (Lipinski definition) is 3. The molecule has 68 heavy (non-hydrogen) atoms. The highest BCUT2D eigenvalue weighted by atomic mass is 16.8. The van der Waals surface area contributed by atoms with E-state index < -0.39 is 24.0 Å². The molecule has 7 atom stereocenters. The van der Waals surface area contributed by atoms with Crippen LogP contribution in [0.4, 0.5) is 0 Å². The normalized spacial score (nSPS) is 24.7. The first-order chi connectivity index (χ1) is 33.3. The number of unbranched alkanes of at least 4 members (excludes halogenated alkanes) is 10. The third-order valence-electron chi connectivity index (χ3n) is 14.7. The summed E-state index contributed by atoms with van der Waals surface area (Å²) in [5.41, 5.74) is 5.05. The number of benzene rings is 2. The molecule has 2 aliphatic heterocycles. The van der Waals surface area contributed by atoms with Crippen LogP contribution < -0.4 is 9.47 Å². The number of carbonyl (C=O) groups excluding carboxylic acids is 1. The van der Waals surface area contributed by atoms with Gasteiger partial charge in [0.05, 0.1) is 44.7 Å². The second kappa shape index (κ2) is 28.2. The number of rotatable bonds is 31. The fraction of sp³-hybridized carbons (Fsp3) is 0.679. The van der Waals surface area contributed by atoms with Crippen LogP contribution in [0.3, 0.4) is 0 Å². The number of aryl methyl sites for hydroxylation is 2. The standard InChI is InChI=1S/C56H84N2O10/c1-5-7-8-9-10-11-12-13-14-23-52(62)58(29-35-63-36-32-61)51-40-49(57-68-53-24-17-20-34-64-53)47-38-43(21-15-18-30-59)46(22-16-19-31-60)54-48-39-45(66-44-26-25-41(3)42(4)37-44)27-28-50(48)67-56(51,55(47)54)65-33-6-2/h6,25-28,37-39,43,46,51,53-55,59-61H,2,5,7-24,29-36,40H2,1,3-4H3. The maximum absolute atomic E-state index is 15.0. The van der Waals surface area contributed by atoms with E-state index in [-0.39, 0.29) is 69.8 Å². The van der Waals surface area contributed by atoms with Crippen LogP contribution in [-0.2, 0) is 23.8 Å². The summed E-state index contributed by atoms with van der Waals surface area (Å²) in [6.45, 7) is 12.0. The first-order valence-electron chi connectivity index (χ1n) is 26.4. The van der Waals surface area contributed by atoms with Crippen molar-refractivity contribution in [1.82, 2.24) is 4.90 Å². The maximum atomic E-state index is 15.0. The van der Waals surface area contributed by atoms with Crippen LogP contribution in [0.5, 0.6) is 17.2 Å². The van der Waals surface area contributed by atoms with E-state index in [1.54, 1.807) is 6.08 Å². The molecule has 2 heterocycles. The second-order valence-corrected chi connectivity index (χ2v) is 19.5. The third-order valence-corrected chi connectivity index (χ3v) is 14.7. The minimum Gasteiger partial charge on any atom is -0.459 e. The largest absolute Gasteiger partial charge is 0.459 e. The van der Waals surface area contributed by atoms with E-state index in [1.807, 2.05) is 23.1 Å². The average molecular weight is 945 g/mol. The quantitative estimate of drug-likeness (QED) is 0.0379. The number of oxime groups is 1. The molecule has 6 rings (SSSR count). The number of amides is 1. The van der Waals surface area contributed by atoms with E-state index in [4.69, 9.17) is 33.7 Å². The van der Waals surface area contributed by atoms with Gasteiger partial charge in [-0.2, -0.15) is 0 Å². The molecule has 2 fully saturated rings. The van der Waals surface area contributed by atoms with Crippen LogP contribution in [-0.4, -0.2) is 103 Å². The van der Waals surface area contributed by atoms with Crippen molar-refractivity contribution in [3.8, 4) is 17.2 Å². The minimum absolute atomic E-state index is 0.00398. The average Bonchev–Trinajstić information content (AvgIpc) is 3.35. The number of aliphatic hydroxyl groups is 3. The molecular weight excluding hydrogens is 861 g/mol. The van der Waals surface area contributed by atoms with Gasteiger partial charge in [0.2, 0.25) is 18.0 Å². The van der Waals surface area contributed by atoms with Gasteiger partial charge in [-0.05, 0) is 118 Å². The Morgan fingerprint density at radius 1 is 0.868 bits per heavy atom. The highest BCUT2D eigenvalue weighted by Gasteiger charge is 2.65. The molecule has 12 nitrogen and oxygen atoms in total. The summed E-state index contributed by atoms with van der Waals surface area (Å²) in [5.74, 6) is 0.243. The summed E-state index contributed by atoms with van der Waals surface area (Å²) in [6, 6.07) is 11.5. The number of fused-ring (bicyclic) bond motifs is 2.